The monoisotopic (exact) mass is 202 g/mol. The second-order valence-corrected chi connectivity index (χ2v) is 5.02. The van der Waals surface area contributed by atoms with Crippen molar-refractivity contribution >= 4 is 11.8 Å². The van der Waals surface area contributed by atoms with Gasteiger partial charge in [0.2, 0.25) is 0 Å². The largest absolute Gasteiger partial charge is 0.375 e. The van der Waals surface area contributed by atoms with Crippen molar-refractivity contribution in [3.8, 4) is 0 Å². The Balaban J connectivity index is 1.86. The molecule has 0 spiro atoms. The molecule has 1 heterocycles. The van der Waals surface area contributed by atoms with Crippen molar-refractivity contribution in [2.75, 3.05) is 18.1 Å². The maximum absolute atomic E-state index is 5.72. The zero-order valence-electron chi connectivity index (χ0n) is 7.87. The number of hydrogen-bond donors (Lipinski definition) is 2. The summed E-state index contributed by atoms with van der Waals surface area (Å²) in [4.78, 5) is 0. The first-order valence-corrected chi connectivity index (χ1v) is 6.23. The van der Waals surface area contributed by atoms with Crippen LogP contribution in [0.4, 0.5) is 0 Å². The predicted octanol–water partition coefficient (Wildman–Crippen LogP) is 0.750. The summed E-state index contributed by atoms with van der Waals surface area (Å²) in [7, 11) is 0. The molecule has 3 N–H and O–H groups in total. The van der Waals surface area contributed by atoms with Crippen LogP contribution in [-0.4, -0.2) is 30.3 Å². The van der Waals surface area contributed by atoms with E-state index in [2.05, 4.69) is 5.43 Å². The lowest BCUT2D eigenvalue weighted by atomic mass is 9.78. The summed E-state index contributed by atoms with van der Waals surface area (Å²) in [6.07, 6.45) is 4.34. The van der Waals surface area contributed by atoms with E-state index >= 15 is 0 Å². The third-order valence-electron chi connectivity index (χ3n) is 3.09. The molecule has 1 aliphatic heterocycles. The van der Waals surface area contributed by atoms with Crippen LogP contribution < -0.4 is 11.3 Å². The van der Waals surface area contributed by atoms with Crippen LogP contribution >= 0.6 is 11.8 Å². The summed E-state index contributed by atoms with van der Waals surface area (Å²) in [5.41, 5.74) is 2.94. The lowest BCUT2D eigenvalue weighted by molar-refractivity contribution is 0.0156. The van der Waals surface area contributed by atoms with Gasteiger partial charge in [0, 0.05) is 11.5 Å². The molecular formula is C9H18N2OS. The molecule has 76 valence electrons. The zero-order valence-corrected chi connectivity index (χ0v) is 8.69. The normalized spacial score (nSPS) is 32.5. The molecule has 2 unspecified atom stereocenters. The van der Waals surface area contributed by atoms with E-state index in [1.807, 2.05) is 11.8 Å². The smallest absolute Gasteiger partial charge is 0.0834 e. The van der Waals surface area contributed by atoms with Gasteiger partial charge in [-0.25, -0.2) is 0 Å². The topological polar surface area (TPSA) is 47.3 Å². The standard InChI is InChI=1S/C9H18N2OS/c10-11-9(7-2-1-3-7)8-6-13-5-4-12-8/h7-9,11H,1-6,10H2. The molecule has 0 radical (unpaired) electrons. The minimum atomic E-state index is 0.342. The lowest BCUT2D eigenvalue weighted by Crippen LogP contribution is -2.53. The van der Waals surface area contributed by atoms with Gasteiger partial charge in [0.1, 0.15) is 0 Å². The Hall–Kier alpha value is 0.230. The van der Waals surface area contributed by atoms with Gasteiger partial charge in [-0.2, -0.15) is 11.8 Å². The van der Waals surface area contributed by atoms with Crippen LogP contribution in [0.25, 0.3) is 0 Å². The predicted molar refractivity (Wildman–Crippen MR) is 55.5 cm³/mol. The molecule has 0 aromatic heterocycles. The number of nitrogens with one attached hydrogen (secondary N) is 1. The molecule has 1 aliphatic carbocycles. The lowest BCUT2D eigenvalue weighted by Gasteiger charge is -2.39. The molecule has 1 saturated carbocycles. The van der Waals surface area contributed by atoms with Gasteiger partial charge in [-0.15, -0.1) is 0 Å². The summed E-state index contributed by atoms with van der Waals surface area (Å²) in [6, 6.07) is 0.390. The number of nitrogens with two attached hydrogens (primary N) is 1. The van der Waals surface area contributed by atoms with E-state index in [9.17, 15) is 0 Å². The molecule has 1 saturated heterocycles. The molecule has 13 heavy (non-hydrogen) atoms. The first kappa shape index (κ1) is 9.77. The van der Waals surface area contributed by atoms with Gasteiger partial charge in [0.15, 0.2) is 0 Å². The van der Waals surface area contributed by atoms with Crippen molar-refractivity contribution in [1.29, 1.82) is 0 Å². The van der Waals surface area contributed by atoms with Crippen LogP contribution in [0.3, 0.4) is 0 Å². The van der Waals surface area contributed by atoms with Crippen molar-refractivity contribution in [3.63, 3.8) is 0 Å². The van der Waals surface area contributed by atoms with Crippen LogP contribution in [0, 0.1) is 5.92 Å². The third kappa shape index (κ3) is 2.18. The van der Waals surface area contributed by atoms with Gasteiger partial charge in [0.25, 0.3) is 0 Å². The van der Waals surface area contributed by atoms with Gasteiger partial charge in [-0.3, -0.25) is 11.3 Å². The van der Waals surface area contributed by atoms with Crippen molar-refractivity contribution in [2.45, 2.75) is 31.4 Å². The Morgan fingerprint density at radius 3 is 2.77 bits per heavy atom. The molecule has 2 aliphatic rings. The molecular weight excluding hydrogens is 184 g/mol. The van der Waals surface area contributed by atoms with E-state index in [1.165, 1.54) is 19.3 Å². The molecule has 0 aromatic rings. The number of hydrogen-bond acceptors (Lipinski definition) is 4. The fourth-order valence-electron chi connectivity index (χ4n) is 2.06. The molecule has 0 amide bonds. The minimum Gasteiger partial charge on any atom is -0.375 e. The van der Waals surface area contributed by atoms with Gasteiger partial charge in [0.05, 0.1) is 18.8 Å². The highest BCUT2D eigenvalue weighted by Crippen LogP contribution is 2.32. The number of thioether (sulfide) groups is 1. The number of ether oxygens (including phenoxy) is 1. The Morgan fingerprint density at radius 2 is 2.31 bits per heavy atom. The van der Waals surface area contributed by atoms with Crippen LogP contribution in [0.1, 0.15) is 19.3 Å². The van der Waals surface area contributed by atoms with Crippen molar-refractivity contribution in [1.82, 2.24) is 5.43 Å². The fraction of sp³-hybridized carbons (Fsp3) is 1.00. The van der Waals surface area contributed by atoms with E-state index in [4.69, 9.17) is 10.6 Å². The first-order valence-electron chi connectivity index (χ1n) is 5.07. The van der Waals surface area contributed by atoms with Gasteiger partial charge in [-0.05, 0) is 18.8 Å². The van der Waals surface area contributed by atoms with E-state index in [0.29, 0.717) is 12.1 Å². The quantitative estimate of drug-likeness (QED) is 0.524. The fourth-order valence-corrected chi connectivity index (χ4v) is 2.98. The maximum atomic E-state index is 5.72. The average Bonchev–Trinajstić information content (AvgIpc) is 2.12. The van der Waals surface area contributed by atoms with Crippen LogP contribution in [0.15, 0.2) is 0 Å². The SMILES string of the molecule is NNC(C1CCC1)C1CSCCO1. The Morgan fingerprint density at radius 1 is 1.46 bits per heavy atom. The second kappa shape index (κ2) is 4.64. The second-order valence-electron chi connectivity index (χ2n) is 3.87. The first-order chi connectivity index (χ1) is 6.42. The van der Waals surface area contributed by atoms with Gasteiger partial charge >= 0.3 is 0 Å². The molecule has 3 nitrogen and oxygen atoms in total. The van der Waals surface area contributed by atoms with Crippen molar-refractivity contribution < 1.29 is 4.74 Å². The average molecular weight is 202 g/mol. The molecule has 0 aromatic carbocycles. The molecule has 4 heteroatoms. The highest BCUT2D eigenvalue weighted by molar-refractivity contribution is 7.99. The summed E-state index contributed by atoms with van der Waals surface area (Å²) < 4.78 is 5.72. The summed E-state index contributed by atoms with van der Waals surface area (Å²) in [5, 5.41) is 0. The molecule has 2 rings (SSSR count). The van der Waals surface area contributed by atoms with Crippen molar-refractivity contribution in [3.05, 3.63) is 0 Å². The van der Waals surface area contributed by atoms with E-state index < -0.39 is 0 Å². The van der Waals surface area contributed by atoms with E-state index in [-0.39, 0.29) is 0 Å². The van der Waals surface area contributed by atoms with Crippen LogP contribution in [-0.2, 0) is 4.74 Å². The van der Waals surface area contributed by atoms with Crippen LogP contribution in [0.5, 0.6) is 0 Å². The van der Waals surface area contributed by atoms with Crippen molar-refractivity contribution in [2.24, 2.45) is 11.8 Å². The third-order valence-corrected chi connectivity index (χ3v) is 4.11. The highest BCUT2D eigenvalue weighted by Gasteiger charge is 2.34. The summed E-state index contributed by atoms with van der Waals surface area (Å²) >= 11 is 1.98. The van der Waals surface area contributed by atoms with E-state index in [1.54, 1.807) is 0 Å². The van der Waals surface area contributed by atoms with Gasteiger partial charge in [-0.1, -0.05) is 6.42 Å². The summed E-state index contributed by atoms with van der Waals surface area (Å²) in [6.45, 7) is 0.889. The number of rotatable bonds is 3. The zero-order chi connectivity index (χ0) is 9.10. The van der Waals surface area contributed by atoms with Gasteiger partial charge < -0.3 is 4.74 Å². The maximum Gasteiger partial charge on any atom is 0.0834 e. The highest BCUT2D eigenvalue weighted by atomic mass is 32.2. The minimum absolute atomic E-state index is 0.342. The number of hydrazine groups is 1. The molecule has 2 atom stereocenters. The molecule has 2 fully saturated rings. The van der Waals surface area contributed by atoms with E-state index in [0.717, 1.165) is 24.0 Å². The Bertz CT molecular complexity index is 158. The van der Waals surface area contributed by atoms with Crippen LogP contribution in [0.2, 0.25) is 0 Å². The molecule has 0 bridgehead atoms. The Kier molecular flexibility index (Phi) is 3.49. The summed E-state index contributed by atoms with van der Waals surface area (Å²) in [5.74, 6) is 8.57. The Labute approximate surface area is 83.7 Å².